The van der Waals surface area contributed by atoms with Crippen LogP contribution in [0.15, 0.2) is 30.3 Å². The number of hydrogen-bond donors (Lipinski definition) is 7. The Labute approximate surface area is 261 Å². The Hall–Kier alpha value is -4.49. The van der Waals surface area contributed by atoms with Crippen molar-refractivity contribution in [3.8, 4) is 0 Å². The number of rotatable bonds is 15. The van der Waals surface area contributed by atoms with Crippen molar-refractivity contribution in [1.29, 1.82) is 0 Å². The Balaban J connectivity index is 1.30. The number of carbonyl (C=O) groups is 7. The lowest BCUT2D eigenvalue weighted by molar-refractivity contribution is -0.150. The lowest BCUT2D eigenvalue weighted by Crippen LogP contribution is -2.59. The Morgan fingerprint density at radius 2 is 1.38 bits per heavy atom. The van der Waals surface area contributed by atoms with Gasteiger partial charge >= 0.3 is 5.97 Å². The SMILES string of the molecule is C[C@H](NC(=O)CNC(=O)[C@H](CC(N)=O)NC(=O)[C@H](CC(=O)O)NC(=O)C12CC3CC(CC(C3)C1)C2)C(=O)NCc1ccccc1. The van der Waals surface area contributed by atoms with E-state index in [0.29, 0.717) is 37.0 Å². The highest BCUT2D eigenvalue weighted by atomic mass is 16.4. The molecular weight excluding hydrogens is 584 g/mol. The van der Waals surface area contributed by atoms with Crippen LogP contribution in [0.3, 0.4) is 0 Å². The molecule has 3 atom stereocenters. The second-order valence-corrected chi connectivity index (χ2v) is 12.8. The van der Waals surface area contributed by atoms with Gasteiger partial charge in [0.05, 0.1) is 19.4 Å². The van der Waals surface area contributed by atoms with Gasteiger partial charge in [-0.05, 0) is 68.8 Å². The van der Waals surface area contributed by atoms with Gasteiger partial charge in [-0.2, -0.15) is 0 Å². The molecule has 14 heteroatoms. The fourth-order valence-electron chi connectivity index (χ4n) is 7.35. The molecule has 0 aliphatic heterocycles. The molecule has 0 spiro atoms. The van der Waals surface area contributed by atoms with Gasteiger partial charge in [-0.15, -0.1) is 0 Å². The molecule has 4 aliphatic carbocycles. The average Bonchev–Trinajstić information content (AvgIpc) is 2.97. The summed E-state index contributed by atoms with van der Waals surface area (Å²) in [5, 5.41) is 21.8. The van der Waals surface area contributed by atoms with Gasteiger partial charge in [0.25, 0.3) is 0 Å². The van der Waals surface area contributed by atoms with Crippen LogP contribution in [0.25, 0.3) is 0 Å². The van der Waals surface area contributed by atoms with Crippen LogP contribution >= 0.6 is 0 Å². The van der Waals surface area contributed by atoms with E-state index in [0.717, 1.165) is 24.8 Å². The van der Waals surface area contributed by atoms with Crippen LogP contribution < -0.4 is 32.3 Å². The van der Waals surface area contributed by atoms with Crippen LogP contribution in [-0.2, 0) is 40.1 Å². The van der Waals surface area contributed by atoms with E-state index in [1.54, 1.807) is 0 Å². The van der Waals surface area contributed by atoms with Gasteiger partial charge < -0.3 is 37.4 Å². The number of amides is 6. The smallest absolute Gasteiger partial charge is 0.305 e. The topological polar surface area (TPSA) is 226 Å². The molecule has 8 N–H and O–H groups in total. The van der Waals surface area contributed by atoms with Crippen LogP contribution in [0.4, 0.5) is 0 Å². The molecule has 0 radical (unpaired) electrons. The van der Waals surface area contributed by atoms with E-state index in [1.807, 2.05) is 30.3 Å². The van der Waals surface area contributed by atoms with Gasteiger partial charge in [0.15, 0.2) is 0 Å². The second kappa shape index (κ2) is 14.5. The Bertz CT molecular complexity index is 1280. The average molecular weight is 627 g/mol. The first-order valence-corrected chi connectivity index (χ1v) is 15.3. The predicted molar refractivity (Wildman–Crippen MR) is 159 cm³/mol. The van der Waals surface area contributed by atoms with Crippen molar-refractivity contribution in [2.24, 2.45) is 28.9 Å². The Morgan fingerprint density at radius 3 is 1.93 bits per heavy atom. The fourth-order valence-corrected chi connectivity index (χ4v) is 7.35. The molecule has 0 unspecified atom stereocenters. The van der Waals surface area contributed by atoms with Crippen molar-refractivity contribution in [2.75, 3.05) is 6.54 Å². The normalized spacial score (nSPS) is 24.8. The maximum atomic E-state index is 13.5. The lowest BCUT2D eigenvalue weighted by Gasteiger charge is -2.55. The van der Waals surface area contributed by atoms with Gasteiger partial charge in [-0.1, -0.05) is 30.3 Å². The molecule has 0 saturated heterocycles. The molecule has 45 heavy (non-hydrogen) atoms. The highest BCUT2D eigenvalue weighted by molar-refractivity contribution is 5.97. The third kappa shape index (κ3) is 9.02. The van der Waals surface area contributed by atoms with Gasteiger partial charge in [0.1, 0.15) is 18.1 Å². The standard InChI is InChI=1S/C31H42N6O8/c1-17(27(42)33-15-18-5-3-2-4-6-18)35-25(39)16-34-28(43)22(10-24(32)38)36-29(44)23(11-26(40)41)37-30(45)31-12-19-7-20(13-31)9-21(8-19)14-31/h2-6,17,19-23H,7-16H2,1H3,(H2,32,38)(H,33,42)(H,34,43)(H,35,39)(H,36,44)(H,37,45)(H,40,41)/t17-,19?,20?,21?,22-,23-,31?/m0/s1. The molecule has 4 aliphatic rings. The number of aliphatic carboxylic acids is 1. The van der Waals surface area contributed by atoms with E-state index < -0.39 is 78.4 Å². The Morgan fingerprint density at radius 1 is 0.800 bits per heavy atom. The summed E-state index contributed by atoms with van der Waals surface area (Å²) in [6, 6.07) is 5.21. The molecule has 4 saturated carbocycles. The maximum Gasteiger partial charge on any atom is 0.305 e. The van der Waals surface area contributed by atoms with Crippen molar-refractivity contribution >= 4 is 41.4 Å². The maximum absolute atomic E-state index is 13.5. The van der Waals surface area contributed by atoms with Crippen molar-refractivity contribution < 1.29 is 38.7 Å². The lowest BCUT2D eigenvalue weighted by atomic mass is 9.49. The van der Waals surface area contributed by atoms with Crippen LogP contribution in [0.5, 0.6) is 0 Å². The molecule has 1 aromatic rings. The number of nitrogens with one attached hydrogen (secondary N) is 5. The summed E-state index contributed by atoms with van der Waals surface area (Å²) in [4.78, 5) is 87.7. The van der Waals surface area contributed by atoms with Gasteiger partial charge in [0, 0.05) is 12.0 Å². The first-order chi connectivity index (χ1) is 21.3. The monoisotopic (exact) mass is 626 g/mol. The minimum atomic E-state index is -1.54. The molecule has 4 bridgehead atoms. The minimum Gasteiger partial charge on any atom is -0.481 e. The van der Waals surface area contributed by atoms with E-state index >= 15 is 0 Å². The van der Waals surface area contributed by atoms with Crippen LogP contribution in [-0.4, -0.2) is 71.2 Å². The van der Waals surface area contributed by atoms with E-state index in [2.05, 4.69) is 26.6 Å². The number of nitrogens with two attached hydrogens (primary N) is 1. The summed E-state index contributed by atoms with van der Waals surface area (Å²) in [6.07, 6.45) is 4.01. The van der Waals surface area contributed by atoms with Gasteiger partial charge in [-0.3, -0.25) is 33.6 Å². The predicted octanol–water partition coefficient (Wildman–Crippen LogP) is -0.540. The largest absolute Gasteiger partial charge is 0.481 e. The molecule has 1 aromatic carbocycles. The van der Waals surface area contributed by atoms with E-state index in [4.69, 9.17) is 5.73 Å². The third-order valence-corrected chi connectivity index (χ3v) is 9.06. The zero-order valence-corrected chi connectivity index (χ0v) is 25.3. The summed E-state index contributed by atoms with van der Waals surface area (Å²) in [5.41, 5.74) is 5.51. The van der Waals surface area contributed by atoms with Crippen LogP contribution in [0.2, 0.25) is 0 Å². The van der Waals surface area contributed by atoms with Crippen molar-refractivity contribution in [3.63, 3.8) is 0 Å². The summed E-state index contributed by atoms with van der Waals surface area (Å²) < 4.78 is 0. The zero-order chi connectivity index (χ0) is 32.7. The number of benzene rings is 1. The molecule has 0 aromatic heterocycles. The molecule has 4 fully saturated rings. The molecule has 5 rings (SSSR count). The van der Waals surface area contributed by atoms with Gasteiger partial charge in [-0.25, -0.2) is 0 Å². The first kappa shape index (κ1) is 33.4. The number of carboxylic acids is 1. The fraction of sp³-hybridized carbons (Fsp3) is 0.581. The highest BCUT2D eigenvalue weighted by Gasteiger charge is 2.55. The quantitative estimate of drug-likeness (QED) is 0.133. The van der Waals surface area contributed by atoms with E-state index in [9.17, 15) is 38.7 Å². The number of carbonyl (C=O) groups excluding carboxylic acids is 6. The van der Waals surface area contributed by atoms with Crippen LogP contribution in [0.1, 0.15) is 63.9 Å². The van der Waals surface area contributed by atoms with Crippen LogP contribution in [0, 0.1) is 23.2 Å². The summed E-state index contributed by atoms with van der Waals surface area (Å²) in [6.45, 7) is 1.15. The zero-order valence-electron chi connectivity index (χ0n) is 25.3. The molecule has 6 amide bonds. The summed E-state index contributed by atoms with van der Waals surface area (Å²) >= 11 is 0. The molecule has 0 heterocycles. The number of primary amides is 1. The third-order valence-electron chi connectivity index (χ3n) is 9.06. The van der Waals surface area contributed by atoms with Crippen molar-refractivity contribution in [1.82, 2.24) is 26.6 Å². The van der Waals surface area contributed by atoms with Crippen molar-refractivity contribution in [3.05, 3.63) is 35.9 Å². The number of carboxylic acid groups (broad SMARTS) is 1. The van der Waals surface area contributed by atoms with E-state index in [1.165, 1.54) is 6.92 Å². The molecule has 244 valence electrons. The molecular formula is C31H42N6O8. The second-order valence-electron chi connectivity index (χ2n) is 12.8. The number of hydrogen-bond acceptors (Lipinski definition) is 7. The first-order valence-electron chi connectivity index (χ1n) is 15.3. The summed E-state index contributed by atoms with van der Waals surface area (Å²) in [5.74, 6) is -4.35. The summed E-state index contributed by atoms with van der Waals surface area (Å²) in [7, 11) is 0. The van der Waals surface area contributed by atoms with Crippen molar-refractivity contribution in [2.45, 2.75) is 83.0 Å². The Kier molecular flexibility index (Phi) is 10.8. The van der Waals surface area contributed by atoms with Gasteiger partial charge in [0.2, 0.25) is 35.4 Å². The highest BCUT2D eigenvalue weighted by Crippen LogP contribution is 2.60. The molecule has 14 nitrogen and oxygen atoms in total. The minimum absolute atomic E-state index is 0.261. The van der Waals surface area contributed by atoms with E-state index in [-0.39, 0.29) is 12.5 Å².